The largest absolute Gasteiger partial charge is 0.461 e. The Labute approximate surface area is 88.7 Å². The fraction of sp³-hybridized carbons (Fsp3) is 0.182. The van der Waals surface area contributed by atoms with Gasteiger partial charge in [0.25, 0.3) is 0 Å². The highest BCUT2D eigenvalue weighted by molar-refractivity contribution is 5.92. The standard InChI is InChI=1S/C11H14N2O2/c1-3-15-11(14)8(2)13-10-7-5-4-6-9(10)12/h4-7,13H,2-3,12H2,1H3. The highest BCUT2D eigenvalue weighted by atomic mass is 16.5. The Bertz CT molecular complexity index is 375. The number of benzene rings is 1. The number of carbonyl (C=O) groups excluding carboxylic acids is 1. The molecule has 0 heterocycles. The lowest BCUT2D eigenvalue weighted by molar-refractivity contribution is -0.138. The molecule has 0 amide bonds. The van der Waals surface area contributed by atoms with Crippen LogP contribution in [0, 0.1) is 0 Å². The molecule has 0 radical (unpaired) electrons. The van der Waals surface area contributed by atoms with Crippen molar-refractivity contribution in [2.75, 3.05) is 17.7 Å². The summed E-state index contributed by atoms with van der Waals surface area (Å²) < 4.78 is 4.77. The molecule has 0 aliphatic rings. The summed E-state index contributed by atoms with van der Waals surface area (Å²) in [6, 6.07) is 7.13. The average molecular weight is 206 g/mol. The maximum absolute atomic E-state index is 11.2. The summed E-state index contributed by atoms with van der Waals surface area (Å²) in [5.41, 5.74) is 7.07. The molecule has 15 heavy (non-hydrogen) atoms. The summed E-state index contributed by atoms with van der Waals surface area (Å²) >= 11 is 0. The van der Waals surface area contributed by atoms with Crippen LogP contribution in [-0.4, -0.2) is 12.6 Å². The van der Waals surface area contributed by atoms with Crippen LogP contribution < -0.4 is 11.1 Å². The van der Waals surface area contributed by atoms with Crippen molar-refractivity contribution in [3.05, 3.63) is 36.5 Å². The number of hydrogen-bond donors (Lipinski definition) is 2. The molecule has 0 unspecified atom stereocenters. The van der Waals surface area contributed by atoms with Gasteiger partial charge in [0.15, 0.2) is 0 Å². The minimum absolute atomic E-state index is 0.176. The maximum atomic E-state index is 11.2. The van der Waals surface area contributed by atoms with Gasteiger partial charge in [-0.1, -0.05) is 18.7 Å². The second kappa shape index (κ2) is 5.05. The number of nitrogens with two attached hydrogens (primary N) is 1. The molecular formula is C11H14N2O2. The van der Waals surface area contributed by atoms with E-state index < -0.39 is 5.97 Å². The van der Waals surface area contributed by atoms with E-state index in [-0.39, 0.29) is 5.70 Å². The van der Waals surface area contributed by atoms with Gasteiger partial charge in [-0.3, -0.25) is 0 Å². The molecule has 0 saturated carbocycles. The van der Waals surface area contributed by atoms with E-state index in [4.69, 9.17) is 10.5 Å². The van der Waals surface area contributed by atoms with Crippen LogP contribution in [0.2, 0.25) is 0 Å². The van der Waals surface area contributed by atoms with E-state index in [0.29, 0.717) is 18.0 Å². The first-order valence-electron chi connectivity index (χ1n) is 4.62. The third-order valence-corrected chi connectivity index (χ3v) is 1.77. The molecule has 1 aromatic rings. The number of para-hydroxylation sites is 2. The van der Waals surface area contributed by atoms with Gasteiger partial charge in [-0.25, -0.2) is 4.79 Å². The van der Waals surface area contributed by atoms with Gasteiger partial charge in [0.1, 0.15) is 5.70 Å². The molecule has 0 spiro atoms. The summed E-state index contributed by atoms with van der Waals surface area (Å²) in [5.74, 6) is -0.472. The van der Waals surface area contributed by atoms with Crippen molar-refractivity contribution in [3.63, 3.8) is 0 Å². The average Bonchev–Trinajstić information content (AvgIpc) is 2.21. The van der Waals surface area contributed by atoms with Crippen LogP contribution in [-0.2, 0) is 9.53 Å². The molecule has 0 aliphatic heterocycles. The van der Waals surface area contributed by atoms with E-state index in [2.05, 4.69) is 11.9 Å². The predicted octanol–water partition coefficient (Wildman–Crippen LogP) is 1.76. The molecule has 1 aromatic carbocycles. The number of nitrogens with one attached hydrogen (secondary N) is 1. The Morgan fingerprint density at radius 1 is 1.53 bits per heavy atom. The van der Waals surface area contributed by atoms with Gasteiger partial charge in [-0.15, -0.1) is 0 Å². The molecule has 4 nitrogen and oxygen atoms in total. The van der Waals surface area contributed by atoms with E-state index in [1.54, 1.807) is 19.1 Å². The Morgan fingerprint density at radius 2 is 2.20 bits per heavy atom. The van der Waals surface area contributed by atoms with Crippen LogP contribution >= 0.6 is 0 Å². The van der Waals surface area contributed by atoms with Crippen molar-refractivity contribution in [2.24, 2.45) is 0 Å². The quantitative estimate of drug-likeness (QED) is 0.447. The molecule has 0 aliphatic carbocycles. The fourth-order valence-corrected chi connectivity index (χ4v) is 1.04. The molecule has 0 fully saturated rings. The zero-order valence-corrected chi connectivity index (χ0v) is 8.62. The van der Waals surface area contributed by atoms with Gasteiger partial charge in [0, 0.05) is 0 Å². The van der Waals surface area contributed by atoms with Crippen molar-refractivity contribution in [1.29, 1.82) is 0 Å². The summed E-state index contributed by atoms with van der Waals surface area (Å²) in [4.78, 5) is 11.2. The zero-order valence-electron chi connectivity index (χ0n) is 8.62. The Morgan fingerprint density at radius 3 is 2.80 bits per heavy atom. The van der Waals surface area contributed by atoms with Crippen LogP contribution in [0.5, 0.6) is 0 Å². The van der Waals surface area contributed by atoms with Gasteiger partial charge in [-0.05, 0) is 19.1 Å². The minimum atomic E-state index is -0.472. The third kappa shape index (κ3) is 3.02. The molecule has 0 atom stereocenters. The Hall–Kier alpha value is -1.97. The summed E-state index contributed by atoms with van der Waals surface area (Å²) in [7, 11) is 0. The number of rotatable bonds is 4. The van der Waals surface area contributed by atoms with Crippen molar-refractivity contribution >= 4 is 17.3 Å². The summed E-state index contributed by atoms with van der Waals surface area (Å²) in [6.45, 7) is 5.63. The van der Waals surface area contributed by atoms with Crippen LogP contribution in [0.15, 0.2) is 36.5 Å². The van der Waals surface area contributed by atoms with E-state index in [1.165, 1.54) is 0 Å². The predicted molar refractivity (Wildman–Crippen MR) is 60.3 cm³/mol. The van der Waals surface area contributed by atoms with E-state index in [9.17, 15) is 4.79 Å². The zero-order chi connectivity index (χ0) is 11.3. The van der Waals surface area contributed by atoms with Crippen molar-refractivity contribution < 1.29 is 9.53 Å². The van der Waals surface area contributed by atoms with Crippen LogP contribution in [0.4, 0.5) is 11.4 Å². The van der Waals surface area contributed by atoms with Crippen LogP contribution in [0.1, 0.15) is 6.92 Å². The highest BCUT2D eigenvalue weighted by Gasteiger charge is 2.08. The number of esters is 1. The topological polar surface area (TPSA) is 64.3 Å². The molecular weight excluding hydrogens is 192 g/mol. The molecule has 4 heteroatoms. The number of nitrogen functional groups attached to an aromatic ring is 1. The van der Waals surface area contributed by atoms with E-state index in [0.717, 1.165) is 0 Å². The van der Waals surface area contributed by atoms with Crippen molar-refractivity contribution in [3.8, 4) is 0 Å². The molecule has 1 rings (SSSR count). The Kier molecular flexibility index (Phi) is 3.74. The molecule has 80 valence electrons. The van der Waals surface area contributed by atoms with Crippen molar-refractivity contribution in [1.82, 2.24) is 0 Å². The first-order chi connectivity index (χ1) is 7.15. The SMILES string of the molecule is C=C(Nc1ccccc1N)C(=O)OCC. The minimum Gasteiger partial charge on any atom is -0.461 e. The third-order valence-electron chi connectivity index (χ3n) is 1.77. The maximum Gasteiger partial charge on any atom is 0.354 e. The van der Waals surface area contributed by atoms with E-state index in [1.807, 2.05) is 12.1 Å². The molecule has 0 saturated heterocycles. The second-order valence-corrected chi connectivity index (χ2v) is 2.91. The van der Waals surface area contributed by atoms with Crippen LogP contribution in [0.3, 0.4) is 0 Å². The lowest BCUT2D eigenvalue weighted by Gasteiger charge is -2.10. The number of ether oxygens (including phenoxy) is 1. The van der Waals surface area contributed by atoms with Gasteiger partial charge in [-0.2, -0.15) is 0 Å². The summed E-state index contributed by atoms with van der Waals surface area (Å²) in [6.07, 6.45) is 0. The lowest BCUT2D eigenvalue weighted by Crippen LogP contribution is -2.14. The normalized spacial score (nSPS) is 9.40. The molecule has 0 bridgehead atoms. The first-order valence-corrected chi connectivity index (χ1v) is 4.62. The highest BCUT2D eigenvalue weighted by Crippen LogP contribution is 2.18. The monoisotopic (exact) mass is 206 g/mol. The Balaban J connectivity index is 2.67. The second-order valence-electron chi connectivity index (χ2n) is 2.91. The van der Waals surface area contributed by atoms with Gasteiger partial charge < -0.3 is 15.8 Å². The van der Waals surface area contributed by atoms with Gasteiger partial charge in [0.05, 0.1) is 18.0 Å². The number of carbonyl (C=O) groups is 1. The fourth-order valence-electron chi connectivity index (χ4n) is 1.04. The van der Waals surface area contributed by atoms with Gasteiger partial charge in [0.2, 0.25) is 0 Å². The molecule has 3 N–H and O–H groups in total. The van der Waals surface area contributed by atoms with Crippen LogP contribution in [0.25, 0.3) is 0 Å². The van der Waals surface area contributed by atoms with E-state index >= 15 is 0 Å². The van der Waals surface area contributed by atoms with Crippen molar-refractivity contribution in [2.45, 2.75) is 6.92 Å². The lowest BCUT2D eigenvalue weighted by atomic mass is 10.2. The number of hydrogen-bond acceptors (Lipinski definition) is 4. The molecule has 0 aromatic heterocycles. The number of anilines is 2. The summed E-state index contributed by atoms with van der Waals surface area (Å²) in [5, 5.41) is 2.80. The first kappa shape index (κ1) is 11.1. The smallest absolute Gasteiger partial charge is 0.354 e. The van der Waals surface area contributed by atoms with Gasteiger partial charge >= 0.3 is 5.97 Å².